The van der Waals surface area contributed by atoms with Crippen molar-refractivity contribution in [2.75, 3.05) is 10.8 Å². The predicted octanol–water partition coefficient (Wildman–Crippen LogP) is 4.66. The van der Waals surface area contributed by atoms with E-state index < -0.39 is 34.3 Å². The quantitative estimate of drug-likeness (QED) is 0.384. The van der Waals surface area contributed by atoms with E-state index in [0.717, 1.165) is 27.6 Å². The molecule has 0 fully saturated rings. The van der Waals surface area contributed by atoms with Gasteiger partial charge in [-0.15, -0.1) is 0 Å². The van der Waals surface area contributed by atoms with Crippen molar-refractivity contribution in [3.8, 4) is 0 Å². The van der Waals surface area contributed by atoms with E-state index in [1.807, 2.05) is 52.0 Å². The summed E-state index contributed by atoms with van der Waals surface area (Å²) in [6.07, 6.45) is 0.340. The highest BCUT2D eigenvalue weighted by atomic mass is 32.2. The van der Waals surface area contributed by atoms with Crippen LogP contribution in [0.3, 0.4) is 0 Å². The molecule has 3 rings (SSSR count). The van der Waals surface area contributed by atoms with Crippen molar-refractivity contribution in [3.63, 3.8) is 0 Å². The standard InChI is InChI=1S/C29H34FN3O4S/c1-5-27(29(35)31-21(2)3)32(19-23-12-10-9-11-22(23)4)28(34)20-33(25-13-7-6-8-14-25)38(36,37)26-17-15-24(30)16-18-26/h6-18,21,27H,5,19-20H2,1-4H3,(H,31,35)/t27-/m1/s1. The maximum atomic E-state index is 13.9. The van der Waals surface area contributed by atoms with Crippen LogP contribution in [0.25, 0.3) is 0 Å². The number of carbonyl (C=O) groups is 2. The Kier molecular flexibility index (Phi) is 9.63. The Morgan fingerprint density at radius 1 is 0.921 bits per heavy atom. The molecule has 1 N–H and O–H groups in total. The molecule has 0 aliphatic rings. The van der Waals surface area contributed by atoms with Gasteiger partial charge in [0.05, 0.1) is 10.6 Å². The third-order valence-corrected chi connectivity index (χ3v) is 7.93. The summed E-state index contributed by atoms with van der Waals surface area (Å²) in [5.41, 5.74) is 2.08. The van der Waals surface area contributed by atoms with Gasteiger partial charge < -0.3 is 10.2 Å². The zero-order valence-corrected chi connectivity index (χ0v) is 22.9. The summed E-state index contributed by atoms with van der Waals surface area (Å²) in [6.45, 7) is 7.00. The summed E-state index contributed by atoms with van der Waals surface area (Å²) in [5.74, 6) is -1.41. The lowest BCUT2D eigenvalue weighted by molar-refractivity contribution is -0.140. The van der Waals surface area contributed by atoms with E-state index >= 15 is 0 Å². The molecule has 38 heavy (non-hydrogen) atoms. The first kappa shape index (κ1) is 28.8. The van der Waals surface area contributed by atoms with Crippen LogP contribution in [-0.2, 0) is 26.2 Å². The van der Waals surface area contributed by atoms with E-state index in [1.165, 1.54) is 17.0 Å². The molecule has 0 unspecified atom stereocenters. The largest absolute Gasteiger partial charge is 0.352 e. The first-order chi connectivity index (χ1) is 18.0. The Bertz CT molecular complexity index is 1350. The second kappa shape index (κ2) is 12.7. The number of para-hydroxylation sites is 1. The third-order valence-electron chi connectivity index (χ3n) is 6.14. The van der Waals surface area contributed by atoms with Crippen LogP contribution >= 0.6 is 0 Å². The summed E-state index contributed by atoms with van der Waals surface area (Å²) in [7, 11) is -4.23. The number of rotatable bonds is 11. The second-order valence-electron chi connectivity index (χ2n) is 9.34. The molecule has 0 radical (unpaired) electrons. The maximum absolute atomic E-state index is 13.9. The van der Waals surface area contributed by atoms with Crippen molar-refractivity contribution < 1.29 is 22.4 Å². The monoisotopic (exact) mass is 539 g/mol. The molecule has 0 aromatic heterocycles. The van der Waals surface area contributed by atoms with Crippen molar-refractivity contribution in [1.29, 1.82) is 0 Å². The van der Waals surface area contributed by atoms with E-state index in [1.54, 1.807) is 30.3 Å². The highest BCUT2D eigenvalue weighted by Crippen LogP contribution is 2.25. The number of hydrogen-bond acceptors (Lipinski definition) is 4. The van der Waals surface area contributed by atoms with Gasteiger partial charge in [0.25, 0.3) is 10.0 Å². The lowest BCUT2D eigenvalue weighted by Gasteiger charge is -2.34. The second-order valence-corrected chi connectivity index (χ2v) is 11.2. The average Bonchev–Trinajstić information content (AvgIpc) is 2.88. The average molecular weight is 540 g/mol. The van der Waals surface area contributed by atoms with Crippen LogP contribution in [-0.4, -0.2) is 43.8 Å². The first-order valence-corrected chi connectivity index (χ1v) is 14.0. The molecule has 1 atom stereocenters. The van der Waals surface area contributed by atoms with Crippen LogP contribution in [0.4, 0.5) is 10.1 Å². The highest BCUT2D eigenvalue weighted by Gasteiger charge is 2.34. The minimum absolute atomic E-state index is 0.133. The fourth-order valence-electron chi connectivity index (χ4n) is 4.13. The van der Waals surface area contributed by atoms with Crippen molar-refractivity contribution >= 4 is 27.5 Å². The van der Waals surface area contributed by atoms with E-state index in [2.05, 4.69) is 5.32 Å². The van der Waals surface area contributed by atoms with E-state index in [9.17, 15) is 22.4 Å². The Hall–Kier alpha value is -3.72. The minimum atomic E-state index is -4.23. The van der Waals surface area contributed by atoms with Gasteiger partial charge in [0.15, 0.2) is 0 Å². The molecule has 9 heteroatoms. The Morgan fingerprint density at radius 2 is 1.53 bits per heavy atom. The number of hydrogen-bond donors (Lipinski definition) is 1. The van der Waals surface area contributed by atoms with E-state index in [0.29, 0.717) is 6.42 Å². The first-order valence-electron chi connectivity index (χ1n) is 12.5. The van der Waals surface area contributed by atoms with Crippen LogP contribution in [0.15, 0.2) is 83.8 Å². The predicted molar refractivity (Wildman–Crippen MR) is 146 cm³/mol. The fraction of sp³-hybridized carbons (Fsp3) is 0.310. The zero-order valence-electron chi connectivity index (χ0n) is 22.1. The molecule has 0 saturated heterocycles. The zero-order chi connectivity index (χ0) is 27.9. The molecular weight excluding hydrogens is 505 g/mol. The summed E-state index contributed by atoms with van der Waals surface area (Å²) >= 11 is 0. The Balaban J connectivity index is 2.05. The molecule has 0 aliphatic carbocycles. The lowest BCUT2D eigenvalue weighted by Crippen LogP contribution is -2.53. The normalized spacial score (nSPS) is 12.2. The van der Waals surface area contributed by atoms with Gasteiger partial charge >= 0.3 is 0 Å². The van der Waals surface area contributed by atoms with E-state index in [-0.39, 0.29) is 29.1 Å². The number of carbonyl (C=O) groups excluding carboxylic acids is 2. The summed E-state index contributed by atoms with van der Waals surface area (Å²) < 4.78 is 41.9. The lowest BCUT2D eigenvalue weighted by atomic mass is 10.1. The van der Waals surface area contributed by atoms with Gasteiger partial charge in [-0.25, -0.2) is 12.8 Å². The van der Waals surface area contributed by atoms with Gasteiger partial charge in [-0.3, -0.25) is 13.9 Å². The van der Waals surface area contributed by atoms with Gasteiger partial charge in [-0.2, -0.15) is 0 Å². The van der Waals surface area contributed by atoms with Crippen LogP contribution in [0.2, 0.25) is 0 Å². The van der Waals surface area contributed by atoms with Crippen molar-refractivity contribution in [3.05, 3.63) is 95.8 Å². The fourth-order valence-corrected chi connectivity index (χ4v) is 5.54. The van der Waals surface area contributed by atoms with Gasteiger partial charge in [0, 0.05) is 12.6 Å². The van der Waals surface area contributed by atoms with Crippen LogP contribution in [0.1, 0.15) is 38.3 Å². The molecule has 0 aliphatic heterocycles. The van der Waals surface area contributed by atoms with Crippen LogP contribution < -0.4 is 9.62 Å². The number of anilines is 1. The Morgan fingerprint density at radius 3 is 2.11 bits per heavy atom. The number of halogens is 1. The smallest absolute Gasteiger partial charge is 0.264 e. The topological polar surface area (TPSA) is 86.8 Å². The van der Waals surface area contributed by atoms with Gasteiger partial charge in [-0.05, 0) is 74.7 Å². The third kappa shape index (κ3) is 6.98. The number of nitrogens with one attached hydrogen (secondary N) is 1. The number of amides is 2. The maximum Gasteiger partial charge on any atom is 0.264 e. The SMILES string of the molecule is CC[C@H](C(=O)NC(C)C)N(Cc1ccccc1C)C(=O)CN(c1ccccc1)S(=O)(=O)c1ccc(F)cc1. The molecule has 202 valence electrons. The van der Waals surface area contributed by atoms with Crippen molar-refractivity contribution in [2.45, 2.75) is 57.6 Å². The molecule has 3 aromatic carbocycles. The van der Waals surface area contributed by atoms with Crippen molar-refractivity contribution in [1.82, 2.24) is 10.2 Å². The highest BCUT2D eigenvalue weighted by molar-refractivity contribution is 7.92. The molecule has 0 spiro atoms. The summed E-state index contributed by atoms with van der Waals surface area (Å²) in [6, 6.07) is 19.3. The van der Waals surface area contributed by atoms with Crippen LogP contribution in [0, 0.1) is 12.7 Å². The molecular formula is C29H34FN3O4S. The van der Waals surface area contributed by atoms with Crippen LogP contribution in [0.5, 0.6) is 0 Å². The molecule has 3 aromatic rings. The summed E-state index contributed by atoms with van der Waals surface area (Å²) in [4.78, 5) is 28.4. The molecule has 0 saturated carbocycles. The van der Waals surface area contributed by atoms with Crippen molar-refractivity contribution in [2.24, 2.45) is 0 Å². The molecule has 0 bridgehead atoms. The number of aryl methyl sites for hydroxylation is 1. The van der Waals surface area contributed by atoms with Gasteiger partial charge in [0.2, 0.25) is 11.8 Å². The van der Waals surface area contributed by atoms with Gasteiger partial charge in [0.1, 0.15) is 18.4 Å². The van der Waals surface area contributed by atoms with E-state index in [4.69, 9.17) is 0 Å². The molecule has 2 amide bonds. The molecule has 0 heterocycles. The number of benzene rings is 3. The number of nitrogens with zero attached hydrogens (tertiary/aromatic N) is 2. The molecule has 7 nitrogen and oxygen atoms in total. The summed E-state index contributed by atoms with van der Waals surface area (Å²) in [5, 5.41) is 2.88. The number of sulfonamides is 1. The van der Waals surface area contributed by atoms with Gasteiger partial charge in [-0.1, -0.05) is 49.4 Å². The Labute approximate surface area is 224 Å². The minimum Gasteiger partial charge on any atom is -0.352 e.